The van der Waals surface area contributed by atoms with Gasteiger partial charge in [-0.1, -0.05) is 0 Å². The molecule has 1 N–H and O–H groups in total. The zero-order chi connectivity index (χ0) is 13.9. The lowest BCUT2D eigenvalue weighted by atomic mass is 10.3. The van der Waals surface area contributed by atoms with E-state index in [0.717, 1.165) is 38.2 Å². The van der Waals surface area contributed by atoms with Crippen LogP contribution >= 0.6 is 0 Å². The van der Waals surface area contributed by atoms with Gasteiger partial charge in [0.15, 0.2) is 0 Å². The number of anilines is 1. The summed E-state index contributed by atoms with van der Waals surface area (Å²) >= 11 is 0. The zero-order valence-corrected chi connectivity index (χ0v) is 11.2. The molecule has 3 rings (SSSR count). The molecule has 2 amide bonds. The summed E-state index contributed by atoms with van der Waals surface area (Å²) < 4.78 is 0. The van der Waals surface area contributed by atoms with Crippen LogP contribution < -0.4 is 10.2 Å². The molecule has 1 saturated carbocycles. The van der Waals surface area contributed by atoms with E-state index in [1.165, 1.54) is 6.20 Å². The molecule has 7 nitrogen and oxygen atoms in total. The smallest absolute Gasteiger partial charge is 0.271 e. The molecule has 0 unspecified atom stereocenters. The number of carbonyl (C=O) groups excluding carboxylic acids is 2. The van der Waals surface area contributed by atoms with Crippen LogP contribution in [0.2, 0.25) is 0 Å². The molecule has 2 fully saturated rings. The van der Waals surface area contributed by atoms with Crippen molar-refractivity contribution >= 4 is 18.1 Å². The molecule has 0 atom stereocenters. The van der Waals surface area contributed by atoms with E-state index in [-0.39, 0.29) is 5.91 Å². The second kappa shape index (κ2) is 5.44. The largest absolute Gasteiger partial charge is 0.352 e. The number of aromatic nitrogens is 2. The van der Waals surface area contributed by atoms with Gasteiger partial charge in [0.2, 0.25) is 6.41 Å². The Hall–Kier alpha value is -2.18. The number of hydrogen-bond donors (Lipinski definition) is 1. The van der Waals surface area contributed by atoms with Crippen LogP contribution in [0.15, 0.2) is 12.4 Å². The molecule has 0 spiro atoms. The van der Waals surface area contributed by atoms with Gasteiger partial charge in [-0.05, 0) is 12.8 Å². The molecule has 20 heavy (non-hydrogen) atoms. The third-order valence-electron chi connectivity index (χ3n) is 3.57. The fraction of sp³-hybridized carbons (Fsp3) is 0.538. The minimum atomic E-state index is -0.155. The Bertz CT molecular complexity index is 492. The summed E-state index contributed by atoms with van der Waals surface area (Å²) in [5.74, 6) is 0.593. The minimum absolute atomic E-state index is 0.155. The summed E-state index contributed by atoms with van der Waals surface area (Å²) in [7, 11) is 0. The summed E-state index contributed by atoms with van der Waals surface area (Å²) in [4.78, 5) is 34.7. The maximum absolute atomic E-state index is 11.8. The standard InChI is InChI=1S/C13H17N5O2/c19-9-17-3-5-18(6-4-17)12-8-14-11(7-15-12)13(20)16-10-1-2-10/h7-10H,1-6H2,(H,16,20). The van der Waals surface area contributed by atoms with Crippen molar-refractivity contribution in [2.24, 2.45) is 0 Å². The molecule has 2 heterocycles. The number of piperazine rings is 1. The van der Waals surface area contributed by atoms with Gasteiger partial charge in [0.1, 0.15) is 11.5 Å². The average molecular weight is 275 g/mol. The number of nitrogens with one attached hydrogen (secondary N) is 1. The van der Waals surface area contributed by atoms with Crippen molar-refractivity contribution in [2.45, 2.75) is 18.9 Å². The monoisotopic (exact) mass is 275 g/mol. The molecule has 0 aromatic carbocycles. The molecule has 2 aliphatic rings. The summed E-state index contributed by atoms with van der Waals surface area (Å²) in [6.07, 6.45) is 6.11. The fourth-order valence-corrected chi connectivity index (χ4v) is 2.15. The second-order valence-corrected chi connectivity index (χ2v) is 5.14. The fourth-order valence-electron chi connectivity index (χ4n) is 2.15. The van der Waals surface area contributed by atoms with E-state index in [4.69, 9.17) is 0 Å². The van der Waals surface area contributed by atoms with Gasteiger partial charge in [-0.2, -0.15) is 0 Å². The number of hydrogen-bond acceptors (Lipinski definition) is 5. The highest BCUT2D eigenvalue weighted by molar-refractivity contribution is 5.92. The predicted molar refractivity (Wildman–Crippen MR) is 72.4 cm³/mol. The van der Waals surface area contributed by atoms with Crippen LogP contribution in [-0.4, -0.2) is 59.4 Å². The molecular formula is C13H17N5O2. The molecule has 1 aliphatic heterocycles. The lowest BCUT2D eigenvalue weighted by Crippen LogP contribution is -2.46. The van der Waals surface area contributed by atoms with E-state index in [9.17, 15) is 9.59 Å². The van der Waals surface area contributed by atoms with Gasteiger partial charge in [-0.25, -0.2) is 9.97 Å². The molecule has 1 aromatic heterocycles. The SMILES string of the molecule is O=CN1CCN(c2cnc(C(=O)NC3CC3)cn2)CC1. The van der Waals surface area contributed by atoms with E-state index in [0.29, 0.717) is 24.8 Å². The summed E-state index contributed by atoms with van der Waals surface area (Å²) in [5, 5.41) is 2.88. The Morgan fingerprint density at radius 2 is 1.95 bits per heavy atom. The topological polar surface area (TPSA) is 78.4 Å². The first-order valence-electron chi connectivity index (χ1n) is 6.83. The highest BCUT2D eigenvalue weighted by Gasteiger charge is 2.24. The second-order valence-electron chi connectivity index (χ2n) is 5.14. The van der Waals surface area contributed by atoms with Crippen LogP contribution in [0.25, 0.3) is 0 Å². The van der Waals surface area contributed by atoms with Crippen molar-refractivity contribution in [3.05, 3.63) is 18.1 Å². The van der Waals surface area contributed by atoms with Gasteiger partial charge in [-0.3, -0.25) is 9.59 Å². The van der Waals surface area contributed by atoms with E-state index in [2.05, 4.69) is 20.2 Å². The first kappa shape index (κ1) is 12.8. The van der Waals surface area contributed by atoms with Crippen LogP contribution in [0.5, 0.6) is 0 Å². The minimum Gasteiger partial charge on any atom is -0.352 e. The van der Waals surface area contributed by atoms with Crippen molar-refractivity contribution < 1.29 is 9.59 Å². The normalized spacial score (nSPS) is 18.8. The van der Waals surface area contributed by atoms with Crippen LogP contribution in [0.3, 0.4) is 0 Å². The third kappa shape index (κ3) is 2.87. The molecule has 0 bridgehead atoms. The molecule has 7 heteroatoms. The number of amides is 2. The van der Waals surface area contributed by atoms with Crippen molar-refractivity contribution in [3.8, 4) is 0 Å². The van der Waals surface area contributed by atoms with Gasteiger partial charge in [0.25, 0.3) is 5.91 Å². The predicted octanol–water partition coefficient (Wildman–Crippen LogP) is -0.353. The Labute approximate surface area is 117 Å². The van der Waals surface area contributed by atoms with Crippen molar-refractivity contribution in [2.75, 3.05) is 31.1 Å². The van der Waals surface area contributed by atoms with Gasteiger partial charge >= 0.3 is 0 Å². The number of rotatable bonds is 4. The number of nitrogens with zero attached hydrogens (tertiary/aromatic N) is 4. The highest BCUT2D eigenvalue weighted by atomic mass is 16.2. The molecule has 106 valence electrons. The van der Waals surface area contributed by atoms with Gasteiger partial charge in [-0.15, -0.1) is 0 Å². The van der Waals surface area contributed by atoms with E-state index >= 15 is 0 Å². The van der Waals surface area contributed by atoms with Gasteiger partial charge in [0.05, 0.1) is 12.4 Å². The summed E-state index contributed by atoms with van der Waals surface area (Å²) in [5.41, 5.74) is 0.354. The first-order chi connectivity index (χ1) is 9.76. The third-order valence-corrected chi connectivity index (χ3v) is 3.57. The quantitative estimate of drug-likeness (QED) is 0.760. The van der Waals surface area contributed by atoms with Crippen molar-refractivity contribution in [1.82, 2.24) is 20.2 Å². The molecular weight excluding hydrogens is 258 g/mol. The van der Waals surface area contributed by atoms with Crippen LogP contribution in [0.1, 0.15) is 23.3 Å². The summed E-state index contributed by atoms with van der Waals surface area (Å²) in [6.45, 7) is 2.85. The van der Waals surface area contributed by atoms with Gasteiger partial charge in [0, 0.05) is 32.2 Å². The van der Waals surface area contributed by atoms with E-state index in [1.807, 2.05) is 0 Å². The maximum atomic E-state index is 11.8. The Morgan fingerprint density at radius 1 is 1.20 bits per heavy atom. The van der Waals surface area contributed by atoms with E-state index < -0.39 is 0 Å². The van der Waals surface area contributed by atoms with Crippen LogP contribution in [0.4, 0.5) is 5.82 Å². The Balaban J connectivity index is 1.60. The van der Waals surface area contributed by atoms with Crippen LogP contribution in [-0.2, 0) is 4.79 Å². The molecule has 0 radical (unpaired) electrons. The molecule has 1 saturated heterocycles. The maximum Gasteiger partial charge on any atom is 0.271 e. The number of carbonyl (C=O) groups is 2. The zero-order valence-electron chi connectivity index (χ0n) is 11.2. The summed E-state index contributed by atoms with van der Waals surface area (Å²) in [6, 6.07) is 0.320. The van der Waals surface area contributed by atoms with E-state index in [1.54, 1.807) is 11.1 Å². The van der Waals surface area contributed by atoms with Crippen LogP contribution in [0, 0.1) is 0 Å². The lowest BCUT2D eigenvalue weighted by molar-refractivity contribution is -0.118. The average Bonchev–Trinajstić information content (AvgIpc) is 3.31. The van der Waals surface area contributed by atoms with Gasteiger partial charge < -0.3 is 15.1 Å². The molecule has 1 aromatic rings. The van der Waals surface area contributed by atoms with Crippen molar-refractivity contribution in [1.29, 1.82) is 0 Å². The highest BCUT2D eigenvalue weighted by Crippen LogP contribution is 2.19. The lowest BCUT2D eigenvalue weighted by Gasteiger charge is -2.33. The van der Waals surface area contributed by atoms with Crippen molar-refractivity contribution in [3.63, 3.8) is 0 Å². The Morgan fingerprint density at radius 3 is 2.50 bits per heavy atom. The first-order valence-corrected chi connectivity index (χ1v) is 6.83. The molecule has 1 aliphatic carbocycles. The Kier molecular flexibility index (Phi) is 3.49.